The Morgan fingerprint density at radius 1 is 0.634 bits per heavy atom. The molecular weight excluding hydrogens is 536 g/mol. The Bertz CT molecular complexity index is 1290. The third-order valence-corrected chi connectivity index (χ3v) is 7.07. The standard InChI is InChI=1S/C32H36N6O2.ClH/c1-21-19-33-29(35-21)17-7-23-3-13-27(14-4-23)37-31(39)25-9-11-26(12-10-25)32(40)38-28-15-5-24(6-16-28)8-18-30-34-20-22(2)36-30;/h3-6,9-16,21-22H,7-8,17-20H2,1-2H3,(H,33,35)(H,34,36)(H,37,39)(H,38,40);1H. The second kappa shape index (κ2) is 13.9. The molecule has 8 nitrogen and oxygen atoms in total. The minimum absolute atomic E-state index is 0. The average molecular weight is 573 g/mol. The lowest BCUT2D eigenvalue weighted by Gasteiger charge is -2.09. The summed E-state index contributed by atoms with van der Waals surface area (Å²) in [5.41, 5.74) is 4.81. The summed E-state index contributed by atoms with van der Waals surface area (Å²) in [4.78, 5) is 34.5. The second-order valence-electron chi connectivity index (χ2n) is 10.5. The molecule has 0 fully saturated rings. The maximum absolute atomic E-state index is 12.7. The number of carbonyl (C=O) groups is 2. The van der Waals surface area contributed by atoms with Crippen LogP contribution >= 0.6 is 12.4 Å². The quantitative estimate of drug-likeness (QED) is 0.266. The fourth-order valence-electron chi connectivity index (χ4n) is 4.76. The van der Waals surface area contributed by atoms with Crippen LogP contribution in [0.5, 0.6) is 0 Å². The van der Waals surface area contributed by atoms with Gasteiger partial charge in [-0.2, -0.15) is 0 Å². The number of hydrogen-bond acceptors (Lipinski definition) is 6. The van der Waals surface area contributed by atoms with Crippen molar-refractivity contribution in [2.45, 2.75) is 51.6 Å². The maximum Gasteiger partial charge on any atom is 0.255 e. The topological polar surface area (TPSA) is 107 Å². The second-order valence-corrected chi connectivity index (χ2v) is 10.5. The van der Waals surface area contributed by atoms with E-state index < -0.39 is 0 Å². The Labute approximate surface area is 247 Å². The molecule has 0 bridgehead atoms. The zero-order chi connectivity index (χ0) is 27.9. The summed E-state index contributed by atoms with van der Waals surface area (Å²) in [6, 6.07) is 23.2. The Kier molecular flexibility index (Phi) is 10.1. The number of aliphatic imine (C=N–C) groups is 2. The number of amidine groups is 2. The third kappa shape index (κ3) is 8.41. The molecule has 0 aliphatic carbocycles. The van der Waals surface area contributed by atoms with Crippen LogP contribution in [-0.2, 0) is 12.8 Å². The molecule has 0 aromatic heterocycles. The molecule has 0 saturated carbocycles. The monoisotopic (exact) mass is 572 g/mol. The van der Waals surface area contributed by atoms with Crippen LogP contribution in [-0.4, -0.2) is 48.7 Å². The third-order valence-electron chi connectivity index (χ3n) is 7.07. The summed E-state index contributed by atoms with van der Waals surface area (Å²) in [6.07, 6.45) is 3.56. The van der Waals surface area contributed by atoms with Crippen molar-refractivity contribution in [3.8, 4) is 0 Å². The molecule has 2 aliphatic heterocycles. The van der Waals surface area contributed by atoms with Gasteiger partial charge in [-0.1, -0.05) is 24.3 Å². The Morgan fingerprint density at radius 2 is 1.00 bits per heavy atom. The summed E-state index contributed by atoms with van der Waals surface area (Å²) < 4.78 is 0. The minimum Gasteiger partial charge on any atom is -0.370 e. The normalized spacial score (nSPS) is 17.4. The van der Waals surface area contributed by atoms with Crippen LogP contribution in [0.2, 0.25) is 0 Å². The van der Waals surface area contributed by atoms with Gasteiger partial charge in [-0.25, -0.2) is 0 Å². The predicted molar refractivity (Wildman–Crippen MR) is 169 cm³/mol. The first-order valence-electron chi connectivity index (χ1n) is 13.9. The number of amides is 2. The number of halogens is 1. The summed E-state index contributed by atoms with van der Waals surface area (Å²) >= 11 is 0. The number of nitrogens with zero attached hydrogens (tertiary/aromatic N) is 2. The van der Waals surface area contributed by atoms with Crippen molar-refractivity contribution in [3.63, 3.8) is 0 Å². The fraction of sp³-hybridized carbons (Fsp3) is 0.312. The highest BCUT2D eigenvalue weighted by Gasteiger charge is 2.14. The van der Waals surface area contributed by atoms with Crippen LogP contribution in [0.25, 0.3) is 0 Å². The number of carbonyl (C=O) groups excluding carboxylic acids is 2. The zero-order valence-electron chi connectivity index (χ0n) is 23.4. The van der Waals surface area contributed by atoms with Gasteiger partial charge in [0.1, 0.15) is 0 Å². The van der Waals surface area contributed by atoms with Crippen LogP contribution in [0.1, 0.15) is 58.5 Å². The summed E-state index contributed by atoms with van der Waals surface area (Å²) in [5, 5.41) is 12.6. The number of nitrogens with one attached hydrogen (secondary N) is 4. The van der Waals surface area contributed by atoms with Crippen LogP contribution in [0, 0.1) is 0 Å². The molecule has 9 heteroatoms. The van der Waals surface area contributed by atoms with E-state index in [4.69, 9.17) is 0 Å². The molecule has 2 atom stereocenters. The van der Waals surface area contributed by atoms with Crippen molar-refractivity contribution in [3.05, 3.63) is 95.1 Å². The largest absolute Gasteiger partial charge is 0.370 e. The molecule has 5 rings (SSSR count). The first kappa shape index (κ1) is 29.8. The first-order valence-corrected chi connectivity index (χ1v) is 13.9. The molecule has 2 amide bonds. The van der Waals surface area contributed by atoms with Gasteiger partial charge in [-0.15, -0.1) is 12.4 Å². The lowest BCUT2D eigenvalue weighted by atomic mass is 10.1. The number of rotatable bonds is 10. The predicted octanol–water partition coefficient (Wildman–Crippen LogP) is 5.26. The SMILES string of the molecule is CC1CN=C(CCc2ccc(NC(=O)c3ccc(C(=O)Nc4ccc(CCC5=NCC(C)N5)cc4)cc3)cc2)N1.Cl. The molecule has 0 saturated heterocycles. The molecule has 0 spiro atoms. The van der Waals surface area contributed by atoms with Gasteiger partial charge in [0.2, 0.25) is 0 Å². The minimum atomic E-state index is -0.220. The van der Waals surface area contributed by atoms with E-state index in [2.05, 4.69) is 45.1 Å². The van der Waals surface area contributed by atoms with E-state index in [1.807, 2.05) is 48.5 Å². The number of hydrogen-bond donors (Lipinski definition) is 4. The lowest BCUT2D eigenvalue weighted by molar-refractivity contribution is 0.101. The lowest BCUT2D eigenvalue weighted by Crippen LogP contribution is -2.27. The molecule has 2 unspecified atom stereocenters. The van der Waals surface area contributed by atoms with Gasteiger partial charge in [0.25, 0.3) is 11.8 Å². The van der Waals surface area contributed by atoms with Crippen LogP contribution in [0.3, 0.4) is 0 Å². The fourth-order valence-corrected chi connectivity index (χ4v) is 4.76. The zero-order valence-corrected chi connectivity index (χ0v) is 24.3. The van der Waals surface area contributed by atoms with Gasteiger partial charge in [0.15, 0.2) is 0 Å². The summed E-state index contributed by atoms with van der Waals surface area (Å²) in [7, 11) is 0. The Balaban J connectivity index is 0.00000387. The molecule has 4 N–H and O–H groups in total. The van der Waals surface area contributed by atoms with Crippen molar-refractivity contribution in [1.29, 1.82) is 0 Å². The summed E-state index contributed by atoms with van der Waals surface area (Å²) in [6.45, 7) is 5.94. The highest BCUT2D eigenvalue weighted by atomic mass is 35.5. The van der Waals surface area contributed by atoms with E-state index >= 15 is 0 Å². The van der Waals surface area contributed by atoms with Gasteiger partial charge in [0.05, 0.1) is 24.8 Å². The molecular formula is C32H37ClN6O2. The highest BCUT2D eigenvalue weighted by molar-refractivity contribution is 6.07. The molecule has 2 aliphatic rings. The molecule has 41 heavy (non-hydrogen) atoms. The van der Waals surface area contributed by atoms with E-state index in [1.165, 1.54) is 11.1 Å². The van der Waals surface area contributed by atoms with Crippen molar-refractivity contribution in [2.24, 2.45) is 9.98 Å². The highest BCUT2D eigenvalue weighted by Crippen LogP contribution is 2.16. The molecule has 3 aromatic rings. The number of aryl methyl sites for hydroxylation is 2. The van der Waals surface area contributed by atoms with Gasteiger partial charge in [-0.3, -0.25) is 19.6 Å². The van der Waals surface area contributed by atoms with E-state index in [0.717, 1.165) is 61.8 Å². The Hall–Kier alpha value is -4.17. The van der Waals surface area contributed by atoms with E-state index in [1.54, 1.807) is 24.3 Å². The van der Waals surface area contributed by atoms with Gasteiger partial charge < -0.3 is 21.3 Å². The van der Waals surface area contributed by atoms with Gasteiger partial charge in [0, 0.05) is 47.4 Å². The van der Waals surface area contributed by atoms with E-state index in [9.17, 15) is 9.59 Å². The number of anilines is 2. The van der Waals surface area contributed by atoms with Crippen molar-refractivity contribution >= 4 is 47.3 Å². The smallest absolute Gasteiger partial charge is 0.255 e. The molecule has 3 aromatic carbocycles. The first-order chi connectivity index (χ1) is 19.4. The number of benzene rings is 3. The van der Waals surface area contributed by atoms with Crippen LogP contribution < -0.4 is 21.3 Å². The van der Waals surface area contributed by atoms with Crippen molar-refractivity contribution in [2.75, 3.05) is 23.7 Å². The van der Waals surface area contributed by atoms with Gasteiger partial charge in [-0.05, 0) is 86.3 Å². The summed E-state index contributed by atoms with van der Waals surface area (Å²) in [5.74, 6) is 1.69. The average Bonchev–Trinajstić information content (AvgIpc) is 3.59. The Morgan fingerprint density at radius 3 is 1.32 bits per heavy atom. The van der Waals surface area contributed by atoms with E-state index in [0.29, 0.717) is 23.2 Å². The van der Waals surface area contributed by atoms with E-state index in [-0.39, 0.29) is 24.2 Å². The molecule has 214 valence electrons. The molecule has 0 radical (unpaired) electrons. The van der Waals surface area contributed by atoms with Crippen molar-refractivity contribution < 1.29 is 9.59 Å². The van der Waals surface area contributed by atoms with Crippen molar-refractivity contribution in [1.82, 2.24) is 10.6 Å². The maximum atomic E-state index is 12.7. The molecule has 2 heterocycles. The van der Waals surface area contributed by atoms with Gasteiger partial charge >= 0.3 is 0 Å². The van der Waals surface area contributed by atoms with Crippen LogP contribution in [0.4, 0.5) is 11.4 Å². The van der Waals surface area contributed by atoms with Crippen LogP contribution in [0.15, 0.2) is 82.8 Å².